The average Bonchev–Trinajstić information content (AvgIpc) is 2.80. The Morgan fingerprint density at radius 2 is 1.70 bits per heavy atom. The fourth-order valence-electron chi connectivity index (χ4n) is 3.57. The van der Waals surface area contributed by atoms with E-state index in [2.05, 4.69) is 35.1 Å². The lowest BCUT2D eigenvalue weighted by molar-refractivity contribution is -0.120. The summed E-state index contributed by atoms with van der Waals surface area (Å²) in [7, 11) is -3.84. The van der Waals surface area contributed by atoms with Crippen molar-refractivity contribution in [2.75, 3.05) is 28.0 Å². The minimum Gasteiger partial charge on any atom is -0.355 e. The zero-order valence-electron chi connectivity index (χ0n) is 18.4. The van der Waals surface area contributed by atoms with Crippen LogP contribution >= 0.6 is 0 Å². The van der Waals surface area contributed by atoms with Gasteiger partial charge in [0.1, 0.15) is 0 Å². The van der Waals surface area contributed by atoms with E-state index in [9.17, 15) is 13.2 Å². The molecule has 0 aliphatic carbocycles. The molecule has 3 aromatic rings. The standard InChI is InChI=1S/C22H25N7O3S/c1-15-9-12-23-22(24-15)28-33(31,32)19-6-4-18(5-7-19)25-21(30)17-10-13-29(14-11-17)20-8-3-16(2)26-27-20/h3-9,12,17H,10-11,13-14H2,1-2H3,(H,25,30)(H,23,24,28). The van der Waals surface area contributed by atoms with Gasteiger partial charge in [-0.25, -0.2) is 23.1 Å². The fraction of sp³-hybridized carbons (Fsp3) is 0.318. The number of nitrogens with one attached hydrogen (secondary N) is 2. The third-order valence-corrected chi connectivity index (χ3v) is 6.77. The first-order valence-corrected chi connectivity index (χ1v) is 12.1. The summed E-state index contributed by atoms with van der Waals surface area (Å²) in [6.07, 6.45) is 2.89. The summed E-state index contributed by atoms with van der Waals surface area (Å²) in [6.45, 7) is 5.08. The maximum Gasteiger partial charge on any atom is 0.264 e. The van der Waals surface area contributed by atoms with Gasteiger partial charge < -0.3 is 10.2 Å². The maximum absolute atomic E-state index is 12.7. The van der Waals surface area contributed by atoms with Crippen molar-refractivity contribution in [2.24, 2.45) is 5.92 Å². The van der Waals surface area contributed by atoms with Gasteiger partial charge in [0.05, 0.1) is 10.6 Å². The summed E-state index contributed by atoms with van der Waals surface area (Å²) in [5.74, 6) is 0.631. The van der Waals surface area contributed by atoms with Crippen molar-refractivity contribution in [3.63, 3.8) is 0 Å². The maximum atomic E-state index is 12.7. The van der Waals surface area contributed by atoms with Crippen LogP contribution in [0.3, 0.4) is 0 Å². The molecule has 3 heterocycles. The second kappa shape index (κ2) is 9.49. The van der Waals surface area contributed by atoms with Crippen molar-refractivity contribution >= 4 is 33.4 Å². The molecule has 11 heteroatoms. The van der Waals surface area contributed by atoms with Crippen molar-refractivity contribution in [3.8, 4) is 0 Å². The minimum absolute atomic E-state index is 0.00957. The van der Waals surface area contributed by atoms with Crippen molar-refractivity contribution in [2.45, 2.75) is 31.6 Å². The summed E-state index contributed by atoms with van der Waals surface area (Å²) in [4.78, 5) is 22.9. The first kappa shape index (κ1) is 22.6. The van der Waals surface area contributed by atoms with Crippen LogP contribution in [0.4, 0.5) is 17.5 Å². The van der Waals surface area contributed by atoms with Gasteiger partial charge in [0.2, 0.25) is 11.9 Å². The van der Waals surface area contributed by atoms with Gasteiger partial charge in [-0.15, -0.1) is 5.10 Å². The van der Waals surface area contributed by atoms with Gasteiger partial charge in [0.15, 0.2) is 5.82 Å². The van der Waals surface area contributed by atoms with Crippen LogP contribution in [0.5, 0.6) is 0 Å². The molecule has 0 bridgehead atoms. The van der Waals surface area contributed by atoms with Gasteiger partial charge in [-0.1, -0.05) is 0 Å². The van der Waals surface area contributed by atoms with E-state index in [4.69, 9.17) is 0 Å². The van der Waals surface area contributed by atoms with Gasteiger partial charge in [-0.3, -0.25) is 4.79 Å². The average molecular weight is 468 g/mol. The molecule has 1 aliphatic rings. The molecule has 1 amide bonds. The molecular weight excluding hydrogens is 442 g/mol. The molecule has 0 radical (unpaired) electrons. The predicted octanol–water partition coefficient (Wildman–Crippen LogP) is 2.54. The Hall–Kier alpha value is -3.60. The zero-order valence-corrected chi connectivity index (χ0v) is 19.2. The Kier molecular flexibility index (Phi) is 6.50. The second-order valence-corrected chi connectivity index (χ2v) is 9.62. The van der Waals surface area contributed by atoms with E-state index >= 15 is 0 Å². The van der Waals surface area contributed by atoms with E-state index in [1.165, 1.54) is 18.3 Å². The molecule has 1 aromatic carbocycles. The monoisotopic (exact) mass is 467 g/mol. The molecule has 0 saturated carbocycles. The van der Waals surface area contributed by atoms with E-state index in [0.717, 1.165) is 24.6 Å². The lowest BCUT2D eigenvalue weighted by Crippen LogP contribution is -2.38. The minimum atomic E-state index is -3.84. The Bertz CT molecular complexity index is 1220. The van der Waals surface area contributed by atoms with Crippen LogP contribution in [0.25, 0.3) is 0 Å². The topological polar surface area (TPSA) is 130 Å². The Balaban J connectivity index is 1.33. The van der Waals surface area contributed by atoms with Gasteiger partial charge in [-0.05, 0) is 69.2 Å². The summed E-state index contributed by atoms with van der Waals surface area (Å²) in [6, 6.07) is 11.6. The smallest absolute Gasteiger partial charge is 0.264 e. The number of aromatic nitrogens is 4. The van der Waals surface area contributed by atoms with Crippen LogP contribution in [0.15, 0.2) is 53.6 Å². The SMILES string of the molecule is Cc1ccc(N2CCC(C(=O)Nc3ccc(S(=O)(=O)Nc4nccc(C)n4)cc3)CC2)nn1. The number of hydrogen-bond acceptors (Lipinski definition) is 8. The molecule has 172 valence electrons. The van der Waals surface area contributed by atoms with E-state index in [-0.39, 0.29) is 22.7 Å². The molecule has 2 N–H and O–H groups in total. The summed E-state index contributed by atoms with van der Waals surface area (Å²) >= 11 is 0. The number of hydrogen-bond donors (Lipinski definition) is 2. The molecule has 33 heavy (non-hydrogen) atoms. The van der Waals surface area contributed by atoms with Crippen LogP contribution in [-0.4, -0.2) is 47.6 Å². The van der Waals surface area contributed by atoms with E-state index in [1.807, 2.05) is 19.1 Å². The van der Waals surface area contributed by atoms with Crippen molar-refractivity contribution < 1.29 is 13.2 Å². The van der Waals surface area contributed by atoms with Crippen molar-refractivity contribution in [3.05, 3.63) is 60.0 Å². The molecule has 10 nitrogen and oxygen atoms in total. The van der Waals surface area contributed by atoms with Crippen molar-refractivity contribution in [1.82, 2.24) is 20.2 Å². The summed E-state index contributed by atoms with van der Waals surface area (Å²) in [5.41, 5.74) is 2.06. The molecule has 1 aliphatic heterocycles. The zero-order chi connectivity index (χ0) is 23.4. The molecule has 0 spiro atoms. The normalized spacial score (nSPS) is 14.7. The fourth-order valence-corrected chi connectivity index (χ4v) is 4.52. The number of carbonyl (C=O) groups is 1. The quantitative estimate of drug-likeness (QED) is 0.566. The summed E-state index contributed by atoms with van der Waals surface area (Å²) < 4.78 is 27.5. The number of rotatable bonds is 6. The van der Waals surface area contributed by atoms with E-state index < -0.39 is 10.0 Å². The lowest BCUT2D eigenvalue weighted by Gasteiger charge is -2.31. The number of benzene rings is 1. The Morgan fingerprint density at radius 1 is 0.970 bits per heavy atom. The van der Waals surface area contributed by atoms with Crippen LogP contribution in [0.2, 0.25) is 0 Å². The number of carbonyl (C=O) groups excluding carboxylic acids is 1. The van der Waals surface area contributed by atoms with Crippen LogP contribution < -0.4 is 14.9 Å². The van der Waals surface area contributed by atoms with Crippen LogP contribution in [0, 0.1) is 19.8 Å². The molecule has 1 fully saturated rings. The number of amides is 1. The number of sulfonamides is 1. The first-order valence-electron chi connectivity index (χ1n) is 10.6. The molecule has 2 aromatic heterocycles. The highest BCUT2D eigenvalue weighted by molar-refractivity contribution is 7.92. The molecule has 1 saturated heterocycles. The Morgan fingerprint density at radius 3 is 2.33 bits per heavy atom. The van der Waals surface area contributed by atoms with Crippen LogP contribution in [-0.2, 0) is 14.8 Å². The van der Waals surface area contributed by atoms with Crippen molar-refractivity contribution in [1.29, 1.82) is 0 Å². The van der Waals surface area contributed by atoms with E-state index in [0.29, 0.717) is 24.2 Å². The van der Waals surface area contributed by atoms with Gasteiger partial charge >= 0.3 is 0 Å². The van der Waals surface area contributed by atoms with Gasteiger partial charge in [-0.2, -0.15) is 5.10 Å². The molecular formula is C22H25N7O3S. The highest BCUT2D eigenvalue weighted by Crippen LogP contribution is 2.23. The summed E-state index contributed by atoms with van der Waals surface area (Å²) in [5, 5.41) is 11.2. The van der Waals surface area contributed by atoms with Gasteiger partial charge in [0, 0.05) is 36.6 Å². The highest BCUT2D eigenvalue weighted by Gasteiger charge is 2.26. The number of anilines is 3. The predicted molar refractivity (Wildman–Crippen MR) is 124 cm³/mol. The number of aryl methyl sites for hydroxylation is 2. The highest BCUT2D eigenvalue weighted by atomic mass is 32.2. The molecule has 0 unspecified atom stereocenters. The van der Waals surface area contributed by atoms with E-state index in [1.54, 1.807) is 25.1 Å². The Labute approximate surface area is 192 Å². The van der Waals surface area contributed by atoms with Crippen LogP contribution in [0.1, 0.15) is 24.2 Å². The lowest BCUT2D eigenvalue weighted by atomic mass is 9.96. The second-order valence-electron chi connectivity index (χ2n) is 7.93. The van der Waals surface area contributed by atoms with Gasteiger partial charge in [0.25, 0.3) is 10.0 Å². The first-order chi connectivity index (χ1) is 15.8. The largest absolute Gasteiger partial charge is 0.355 e. The third kappa shape index (κ3) is 5.61. The molecule has 0 atom stereocenters. The number of piperidine rings is 1. The number of nitrogens with zero attached hydrogens (tertiary/aromatic N) is 5. The molecule has 4 rings (SSSR count). The third-order valence-electron chi connectivity index (χ3n) is 5.43.